The number of carbonyl (C=O) groups excluding carboxylic acids is 1. The number of anilines is 1. The first-order valence-electron chi connectivity index (χ1n) is 6.09. The number of pyridine rings is 1. The van der Waals surface area contributed by atoms with Gasteiger partial charge in [-0.25, -0.2) is 4.79 Å². The molecule has 0 radical (unpaired) electrons. The molecule has 0 aliphatic carbocycles. The molecular weight excluding hydrogens is 238 g/mol. The van der Waals surface area contributed by atoms with Crippen LogP contribution < -0.4 is 10.2 Å². The Hall–Kier alpha value is -2.62. The molecule has 2 heterocycles. The fourth-order valence-corrected chi connectivity index (χ4v) is 2.04. The van der Waals surface area contributed by atoms with Gasteiger partial charge in [-0.3, -0.25) is 9.88 Å². The first-order valence-corrected chi connectivity index (χ1v) is 6.09. The Bertz CT molecular complexity index is 608. The van der Waals surface area contributed by atoms with E-state index < -0.39 is 0 Å². The summed E-state index contributed by atoms with van der Waals surface area (Å²) in [7, 11) is 0. The van der Waals surface area contributed by atoms with E-state index in [0.29, 0.717) is 6.54 Å². The molecule has 4 heteroatoms. The summed E-state index contributed by atoms with van der Waals surface area (Å²) in [6.45, 7) is 0.556. The molecule has 94 valence electrons. The van der Waals surface area contributed by atoms with Crippen molar-refractivity contribution in [1.29, 1.82) is 0 Å². The number of amides is 2. The lowest BCUT2D eigenvalue weighted by atomic mass is 10.1. The molecule has 0 unspecified atom stereocenters. The predicted molar refractivity (Wildman–Crippen MR) is 74.5 cm³/mol. The molecule has 2 amide bonds. The largest absolute Gasteiger partial charge is 0.326 e. The monoisotopic (exact) mass is 251 g/mol. The van der Waals surface area contributed by atoms with Gasteiger partial charge in [0.1, 0.15) is 0 Å². The van der Waals surface area contributed by atoms with Crippen LogP contribution in [0.4, 0.5) is 10.5 Å². The summed E-state index contributed by atoms with van der Waals surface area (Å²) in [6.07, 6.45) is 5.45. The minimum atomic E-state index is -0.118. The van der Waals surface area contributed by atoms with Gasteiger partial charge in [0.25, 0.3) is 0 Å². The first kappa shape index (κ1) is 11.5. The van der Waals surface area contributed by atoms with Crippen LogP contribution in [0, 0.1) is 0 Å². The maximum absolute atomic E-state index is 12.1. The summed E-state index contributed by atoms with van der Waals surface area (Å²) >= 11 is 0. The third-order valence-corrected chi connectivity index (χ3v) is 3.01. The molecule has 2 aromatic rings. The summed E-state index contributed by atoms with van der Waals surface area (Å²) in [5.74, 6) is 0. The lowest BCUT2D eigenvalue weighted by molar-refractivity contribution is 0.250. The molecular formula is C15H13N3O. The summed E-state index contributed by atoms with van der Waals surface area (Å²) in [5.41, 5.74) is 2.62. The van der Waals surface area contributed by atoms with Crippen LogP contribution in [0.1, 0.15) is 5.56 Å². The van der Waals surface area contributed by atoms with Gasteiger partial charge in [-0.1, -0.05) is 18.2 Å². The van der Waals surface area contributed by atoms with E-state index in [9.17, 15) is 4.79 Å². The fourth-order valence-electron chi connectivity index (χ4n) is 2.04. The standard InChI is InChI=1S/C15H13N3O/c19-15-17-14(12-5-4-9-16-11-12)8-10-18(15)13-6-2-1-3-7-13/h1-9,11H,10H2,(H,17,19). The van der Waals surface area contributed by atoms with Crippen molar-refractivity contribution in [2.24, 2.45) is 0 Å². The van der Waals surface area contributed by atoms with E-state index in [4.69, 9.17) is 0 Å². The van der Waals surface area contributed by atoms with Crippen LogP contribution >= 0.6 is 0 Å². The van der Waals surface area contributed by atoms with Gasteiger partial charge in [0.05, 0.1) is 0 Å². The lowest BCUT2D eigenvalue weighted by Gasteiger charge is -2.27. The number of hydrogen-bond acceptors (Lipinski definition) is 2. The average Bonchev–Trinajstić information content (AvgIpc) is 2.49. The Balaban J connectivity index is 1.85. The number of benzene rings is 1. The number of carbonyl (C=O) groups is 1. The lowest BCUT2D eigenvalue weighted by Crippen LogP contribution is -2.43. The van der Waals surface area contributed by atoms with E-state index >= 15 is 0 Å². The average molecular weight is 251 g/mol. The van der Waals surface area contributed by atoms with Gasteiger partial charge in [0, 0.05) is 35.9 Å². The zero-order chi connectivity index (χ0) is 13.1. The Morgan fingerprint density at radius 1 is 1.11 bits per heavy atom. The van der Waals surface area contributed by atoms with Gasteiger partial charge in [-0.2, -0.15) is 0 Å². The molecule has 19 heavy (non-hydrogen) atoms. The zero-order valence-electron chi connectivity index (χ0n) is 10.3. The molecule has 3 rings (SSSR count). The number of rotatable bonds is 2. The second-order valence-corrected chi connectivity index (χ2v) is 4.24. The topological polar surface area (TPSA) is 45.2 Å². The molecule has 1 aliphatic rings. The SMILES string of the molecule is O=C1NC(c2cccnc2)=CCN1c1ccccc1. The zero-order valence-corrected chi connectivity index (χ0v) is 10.3. The molecule has 1 aromatic carbocycles. The number of hydrogen-bond donors (Lipinski definition) is 1. The van der Waals surface area contributed by atoms with E-state index in [1.54, 1.807) is 17.3 Å². The molecule has 0 spiro atoms. The summed E-state index contributed by atoms with van der Waals surface area (Å²) in [5, 5.41) is 2.89. The van der Waals surface area contributed by atoms with Gasteiger partial charge in [-0.15, -0.1) is 0 Å². The smallest absolute Gasteiger partial charge is 0.307 e. The van der Waals surface area contributed by atoms with Crippen LogP contribution in [0.2, 0.25) is 0 Å². The molecule has 0 atom stereocenters. The number of aromatic nitrogens is 1. The van der Waals surface area contributed by atoms with Crippen molar-refractivity contribution in [3.8, 4) is 0 Å². The second kappa shape index (κ2) is 4.94. The Kier molecular flexibility index (Phi) is 2.98. The molecule has 1 N–H and O–H groups in total. The Labute approximate surface area is 111 Å². The maximum atomic E-state index is 12.1. The van der Waals surface area contributed by atoms with E-state index in [0.717, 1.165) is 16.9 Å². The number of para-hydroxylation sites is 1. The normalized spacial score (nSPS) is 14.8. The highest BCUT2D eigenvalue weighted by atomic mass is 16.2. The van der Waals surface area contributed by atoms with Crippen molar-refractivity contribution in [2.75, 3.05) is 11.4 Å². The van der Waals surface area contributed by atoms with Crippen LogP contribution in [0.3, 0.4) is 0 Å². The van der Waals surface area contributed by atoms with Gasteiger partial charge in [-0.05, 0) is 30.3 Å². The highest BCUT2D eigenvalue weighted by Crippen LogP contribution is 2.19. The van der Waals surface area contributed by atoms with E-state index in [-0.39, 0.29) is 6.03 Å². The number of urea groups is 1. The second-order valence-electron chi connectivity index (χ2n) is 4.24. The van der Waals surface area contributed by atoms with Gasteiger partial charge < -0.3 is 5.32 Å². The highest BCUT2D eigenvalue weighted by Gasteiger charge is 2.20. The van der Waals surface area contributed by atoms with Crippen molar-refractivity contribution in [3.63, 3.8) is 0 Å². The van der Waals surface area contributed by atoms with Crippen molar-refractivity contribution in [3.05, 3.63) is 66.5 Å². The van der Waals surface area contributed by atoms with Gasteiger partial charge in [0.15, 0.2) is 0 Å². The minimum Gasteiger partial charge on any atom is -0.307 e. The maximum Gasteiger partial charge on any atom is 0.326 e. The van der Waals surface area contributed by atoms with Crippen molar-refractivity contribution >= 4 is 17.4 Å². The van der Waals surface area contributed by atoms with Crippen LogP contribution in [-0.4, -0.2) is 17.6 Å². The number of nitrogens with one attached hydrogen (secondary N) is 1. The molecule has 1 aliphatic heterocycles. The van der Waals surface area contributed by atoms with Crippen LogP contribution in [0.25, 0.3) is 5.70 Å². The van der Waals surface area contributed by atoms with Crippen molar-refractivity contribution in [2.45, 2.75) is 0 Å². The fraction of sp³-hybridized carbons (Fsp3) is 0.0667. The molecule has 0 saturated carbocycles. The van der Waals surface area contributed by atoms with Crippen LogP contribution in [-0.2, 0) is 0 Å². The van der Waals surface area contributed by atoms with Gasteiger partial charge in [0.2, 0.25) is 0 Å². The molecule has 0 bridgehead atoms. The third kappa shape index (κ3) is 2.33. The third-order valence-electron chi connectivity index (χ3n) is 3.01. The van der Waals surface area contributed by atoms with Crippen LogP contribution in [0.5, 0.6) is 0 Å². The molecule has 4 nitrogen and oxygen atoms in total. The molecule has 0 saturated heterocycles. The van der Waals surface area contributed by atoms with Crippen molar-refractivity contribution in [1.82, 2.24) is 10.3 Å². The Morgan fingerprint density at radius 3 is 2.63 bits per heavy atom. The van der Waals surface area contributed by atoms with E-state index in [1.165, 1.54) is 0 Å². The number of nitrogens with zero attached hydrogens (tertiary/aromatic N) is 2. The summed E-state index contributed by atoms with van der Waals surface area (Å²) in [6, 6.07) is 13.3. The summed E-state index contributed by atoms with van der Waals surface area (Å²) in [4.78, 5) is 17.9. The van der Waals surface area contributed by atoms with Crippen LogP contribution in [0.15, 0.2) is 60.9 Å². The van der Waals surface area contributed by atoms with Crippen molar-refractivity contribution < 1.29 is 4.79 Å². The molecule has 1 aromatic heterocycles. The summed E-state index contributed by atoms with van der Waals surface area (Å²) < 4.78 is 0. The van der Waals surface area contributed by atoms with E-state index in [2.05, 4.69) is 10.3 Å². The molecule has 0 fully saturated rings. The predicted octanol–water partition coefficient (Wildman–Crippen LogP) is 2.65. The van der Waals surface area contributed by atoms with Gasteiger partial charge >= 0.3 is 6.03 Å². The Morgan fingerprint density at radius 2 is 1.95 bits per heavy atom. The van der Waals surface area contributed by atoms with E-state index in [1.807, 2.05) is 48.5 Å². The minimum absolute atomic E-state index is 0.118. The quantitative estimate of drug-likeness (QED) is 0.891. The first-order chi connectivity index (χ1) is 9.34. The highest BCUT2D eigenvalue weighted by molar-refractivity contribution is 5.99.